The summed E-state index contributed by atoms with van der Waals surface area (Å²) in [5, 5.41) is 0. The van der Waals surface area contributed by atoms with Crippen molar-refractivity contribution in [2.24, 2.45) is 11.8 Å². The molecule has 0 spiro atoms. The quantitative estimate of drug-likeness (QED) is 0.656. The Hall–Kier alpha value is -1.02. The van der Waals surface area contributed by atoms with E-state index < -0.39 is 0 Å². The maximum Gasteiger partial charge on any atom is 0.201 e. The number of hydrogen-bond acceptors (Lipinski definition) is 2. The molecule has 2 nitrogen and oxygen atoms in total. The van der Waals surface area contributed by atoms with Gasteiger partial charge in [-0.1, -0.05) is 53.2 Å². The molecular weight excluding hydrogens is 236 g/mol. The second-order valence-corrected chi connectivity index (χ2v) is 5.71. The predicted octanol–water partition coefficient (Wildman–Crippen LogP) is 4.84. The van der Waals surface area contributed by atoms with Crippen LogP contribution in [0.2, 0.25) is 0 Å². The summed E-state index contributed by atoms with van der Waals surface area (Å²) >= 11 is 0. The van der Waals surface area contributed by atoms with Crippen LogP contribution in [0.15, 0.2) is 24.3 Å². The zero-order valence-corrected chi connectivity index (χ0v) is 13.1. The van der Waals surface area contributed by atoms with Gasteiger partial charge in [0.1, 0.15) is 5.75 Å². The molecule has 0 radical (unpaired) electrons. The molecular formula is C17H28O2. The van der Waals surface area contributed by atoms with Crippen LogP contribution in [-0.2, 0) is 4.74 Å². The van der Waals surface area contributed by atoms with Gasteiger partial charge in [0.05, 0.1) is 0 Å². The van der Waals surface area contributed by atoms with Gasteiger partial charge in [0.2, 0.25) is 6.29 Å². The average Bonchev–Trinajstić information content (AvgIpc) is 2.43. The molecule has 0 aliphatic carbocycles. The van der Waals surface area contributed by atoms with Gasteiger partial charge < -0.3 is 9.47 Å². The molecule has 0 bridgehead atoms. The minimum atomic E-state index is -0.183. The molecule has 3 unspecified atom stereocenters. The van der Waals surface area contributed by atoms with Crippen molar-refractivity contribution in [1.29, 1.82) is 0 Å². The summed E-state index contributed by atoms with van der Waals surface area (Å²) in [5.74, 6) is 2.50. The molecule has 2 heteroatoms. The maximum atomic E-state index is 5.82. The van der Waals surface area contributed by atoms with E-state index in [9.17, 15) is 0 Å². The Morgan fingerprint density at radius 1 is 1.00 bits per heavy atom. The first kappa shape index (κ1) is 16.0. The fraction of sp³-hybridized carbons (Fsp3) is 0.647. The highest BCUT2D eigenvalue weighted by atomic mass is 16.7. The minimum absolute atomic E-state index is 0.183. The van der Waals surface area contributed by atoms with Crippen LogP contribution in [0.25, 0.3) is 0 Å². The van der Waals surface area contributed by atoms with Crippen molar-refractivity contribution in [1.82, 2.24) is 0 Å². The van der Waals surface area contributed by atoms with Crippen LogP contribution in [0.5, 0.6) is 5.75 Å². The summed E-state index contributed by atoms with van der Waals surface area (Å²) < 4.78 is 11.2. The minimum Gasteiger partial charge on any atom is -0.465 e. The van der Waals surface area contributed by atoms with Crippen LogP contribution < -0.4 is 4.74 Å². The number of methoxy groups -OCH3 is 1. The summed E-state index contributed by atoms with van der Waals surface area (Å²) in [4.78, 5) is 0. The second-order valence-electron chi connectivity index (χ2n) is 5.71. The van der Waals surface area contributed by atoms with E-state index in [0.29, 0.717) is 17.8 Å². The van der Waals surface area contributed by atoms with E-state index in [0.717, 1.165) is 5.75 Å². The lowest BCUT2D eigenvalue weighted by Gasteiger charge is -2.22. The van der Waals surface area contributed by atoms with E-state index in [1.807, 2.05) is 12.1 Å². The largest absolute Gasteiger partial charge is 0.465 e. The van der Waals surface area contributed by atoms with Crippen LogP contribution in [0.1, 0.15) is 52.5 Å². The van der Waals surface area contributed by atoms with Crippen LogP contribution in [-0.4, -0.2) is 13.4 Å². The van der Waals surface area contributed by atoms with Crippen LogP contribution in [0.4, 0.5) is 0 Å². The van der Waals surface area contributed by atoms with E-state index in [-0.39, 0.29) is 6.29 Å². The topological polar surface area (TPSA) is 18.5 Å². The summed E-state index contributed by atoms with van der Waals surface area (Å²) in [6.45, 7) is 11.0. The number of benzene rings is 1. The fourth-order valence-electron chi connectivity index (χ4n) is 2.12. The van der Waals surface area contributed by atoms with E-state index in [1.54, 1.807) is 7.11 Å². The average molecular weight is 264 g/mol. The molecule has 0 heterocycles. The Morgan fingerprint density at radius 2 is 1.58 bits per heavy atom. The van der Waals surface area contributed by atoms with Gasteiger partial charge in [-0.25, -0.2) is 0 Å². The van der Waals surface area contributed by atoms with E-state index in [4.69, 9.17) is 9.47 Å². The molecule has 0 saturated heterocycles. The Kier molecular flexibility index (Phi) is 6.36. The first-order valence-electron chi connectivity index (χ1n) is 7.29. The van der Waals surface area contributed by atoms with Gasteiger partial charge in [0, 0.05) is 13.0 Å². The summed E-state index contributed by atoms with van der Waals surface area (Å²) in [7, 11) is 1.68. The van der Waals surface area contributed by atoms with Crippen LogP contribution >= 0.6 is 0 Å². The molecule has 19 heavy (non-hydrogen) atoms. The van der Waals surface area contributed by atoms with E-state index in [1.165, 1.54) is 12.0 Å². The fourth-order valence-corrected chi connectivity index (χ4v) is 2.12. The van der Waals surface area contributed by atoms with Gasteiger partial charge in [-0.05, 0) is 29.5 Å². The Balaban J connectivity index is 2.71. The monoisotopic (exact) mass is 264 g/mol. The van der Waals surface area contributed by atoms with Crippen molar-refractivity contribution < 1.29 is 9.47 Å². The van der Waals surface area contributed by atoms with Crippen LogP contribution in [0.3, 0.4) is 0 Å². The van der Waals surface area contributed by atoms with Gasteiger partial charge in [-0.2, -0.15) is 0 Å². The zero-order chi connectivity index (χ0) is 14.4. The van der Waals surface area contributed by atoms with Crippen molar-refractivity contribution >= 4 is 0 Å². The van der Waals surface area contributed by atoms with Crippen molar-refractivity contribution in [3.63, 3.8) is 0 Å². The van der Waals surface area contributed by atoms with Gasteiger partial charge in [-0.15, -0.1) is 0 Å². The lowest BCUT2D eigenvalue weighted by molar-refractivity contribution is -0.0833. The molecule has 0 aliphatic rings. The highest BCUT2D eigenvalue weighted by Crippen LogP contribution is 2.28. The van der Waals surface area contributed by atoms with Gasteiger partial charge in [0.25, 0.3) is 0 Å². The predicted molar refractivity (Wildman–Crippen MR) is 80.6 cm³/mol. The molecule has 0 fully saturated rings. The van der Waals surface area contributed by atoms with Crippen molar-refractivity contribution in [3.05, 3.63) is 29.8 Å². The van der Waals surface area contributed by atoms with E-state index in [2.05, 4.69) is 46.8 Å². The Morgan fingerprint density at radius 3 is 2.00 bits per heavy atom. The Labute approximate surface area is 118 Å². The van der Waals surface area contributed by atoms with E-state index >= 15 is 0 Å². The van der Waals surface area contributed by atoms with Gasteiger partial charge in [-0.3, -0.25) is 0 Å². The molecule has 1 aromatic rings. The highest BCUT2D eigenvalue weighted by molar-refractivity contribution is 5.29. The lowest BCUT2D eigenvalue weighted by Crippen LogP contribution is -2.24. The molecule has 0 amide bonds. The number of rotatable bonds is 7. The van der Waals surface area contributed by atoms with Crippen molar-refractivity contribution in [3.8, 4) is 5.75 Å². The zero-order valence-electron chi connectivity index (χ0n) is 13.1. The number of hydrogen-bond donors (Lipinski definition) is 0. The van der Waals surface area contributed by atoms with Gasteiger partial charge in [0.15, 0.2) is 0 Å². The SMILES string of the molecule is CCC(C)C(C)c1ccc(OC(OC)C(C)C)cc1. The molecule has 0 N–H and O–H groups in total. The first-order valence-corrected chi connectivity index (χ1v) is 7.29. The van der Waals surface area contributed by atoms with Gasteiger partial charge >= 0.3 is 0 Å². The van der Waals surface area contributed by atoms with Crippen molar-refractivity contribution in [2.75, 3.05) is 7.11 Å². The highest BCUT2D eigenvalue weighted by Gasteiger charge is 2.15. The lowest BCUT2D eigenvalue weighted by atomic mass is 9.87. The molecule has 0 aliphatic heterocycles. The maximum absolute atomic E-state index is 5.82. The Bertz CT molecular complexity index is 356. The van der Waals surface area contributed by atoms with Crippen LogP contribution in [0, 0.1) is 11.8 Å². The second kappa shape index (κ2) is 7.54. The molecule has 0 saturated carbocycles. The summed E-state index contributed by atoms with van der Waals surface area (Å²) in [6, 6.07) is 8.42. The molecule has 0 aromatic heterocycles. The molecule has 1 aromatic carbocycles. The first-order chi connectivity index (χ1) is 8.99. The third kappa shape index (κ3) is 4.54. The third-order valence-corrected chi connectivity index (χ3v) is 3.93. The normalized spacial score (nSPS) is 16.2. The molecule has 108 valence electrons. The number of ether oxygens (including phenoxy) is 2. The summed E-state index contributed by atoms with van der Waals surface area (Å²) in [5.41, 5.74) is 1.38. The van der Waals surface area contributed by atoms with Crippen molar-refractivity contribution in [2.45, 2.75) is 53.2 Å². The standard InChI is InChI=1S/C17H28O2/c1-7-13(4)14(5)15-8-10-16(11-9-15)19-17(18-6)12(2)3/h8-14,17H,7H2,1-6H3. The summed E-state index contributed by atoms with van der Waals surface area (Å²) in [6.07, 6.45) is 1.02. The third-order valence-electron chi connectivity index (χ3n) is 3.93. The molecule has 1 rings (SSSR count). The molecule has 3 atom stereocenters. The smallest absolute Gasteiger partial charge is 0.201 e.